The average Bonchev–Trinajstić information content (AvgIpc) is 3.50. The summed E-state index contributed by atoms with van der Waals surface area (Å²) in [4.78, 5) is 17.2. The molecule has 1 saturated heterocycles. The molecule has 32 heavy (non-hydrogen) atoms. The number of rotatable bonds is 6. The van der Waals surface area contributed by atoms with Crippen LogP contribution in [0.3, 0.4) is 0 Å². The van der Waals surface area contributed by atoms with Crippen molar-refractivity contribution in [3.63, 3.8) is 0 Å². The molecule has 5 rings (SSSR count). The van der Waals surface area contributed by atoms with Gasteiger partial charge in [0, 0.05) is 36.7 Å². The second kappa shape index (κ2) is 9.27. The smallest absolute Gasteiger partial charge is 0.235 e. The van der Waals surface area contributed by atoms with Crippen molar-refractivity contribution >= 4 is 11.6 Å². The van der Waals surface area contributed by atoms with E-state index in [0.29, 0.717) is 6.04 Å². The highest BCUT2D eigenvalue weighted by Crippen LogP contribution is 2.28. The number of aliphatic hydroxyl groups excluding tert-OH is 1. The molecule has 3 aromatic rings. The minimum atomic E-state index is -0.478. The molecular formula is C26H30N4O2. The summed E-state index contributed by atoms with van der Waals surface area (Å²) >= 11 is 0. The lowest BCUT2D eigenvalue weighted by Crippen LogP contribution is -2.35. The van der Waals surface area contributed by atoms with Crippen LogP contribution in [0, 0.1) is 0 Å². The number of carbonyl (C=O) groups is 1. The van der Waals surface area contributed by atoms with Gasteiger partial charge in [0.15, 0.2) is 0 Å². The number of aliphatic hydroxyl groups is 1. The number of fused-ring (bicyclic) bond motifs is 1. The van der Waals surface area contributed by atoms with Crippen LogP contribution in [0.25, 0.3) is 0 Å². The van der Waals surface area contributed by atoms with Crippen molar-refractivity contribution in [2.45, 2.75) is 62.8 Å². The third kappa shape index (κ3) is 4.47. The van der Waals surface area contributed by atoms with Gasteiger partial charge in [0.1, 0.15) is 5.82 Å². The minimum Gasteiger partial charge on any atom is -0.387 e. The highest BCUT2D eigenvalue weighted by Gasteiger charge is 2.30. The Balaban J connectivity index is 1.15. The van der Waals surface area contributed by atoms with Crippen LogP contribution < -0.4 is 10.6 Å². The maximum Gasteiger partial charge on any atom is 0.235 e. The molecule has 0 unspecified atom stereocenters. The zero-order valence-corrected chi connectivity index (χ0v) is 18.2. The fourth-order valence-corrected chi connectivity index (χ4v) is 5.04. The lowest BCUT2D eigenvalue weighted by atomic mass is 9.98. The van der Waals surface area contributed by atoms with Crippen LogP contribution in [0.5, 0.6) is 0 Å². The number of hydrogen-bond donors (Lipinski definition) is 3. The summed E-state index contributed by atoms with van der Waals surface area (Å²) in [6.45, 7) is 0.937. The lowest BCUT2D eigenvalue weighted by Gasteiger charge is -2.22. The fourth-order valence-electron chi connectivity index (χ4n) is 5.04. The average molecular weight is 431 g/mol. The van der Waals surface area contributed by atoms with Gasteiger partial charge in [-0.15, -0.1) is 0 Å². The van der Waals surface area contributed by atoms with Crippen molar-refractivity contribution in [2.24, 2.45) is 0 Å². The van der Waals surface area contributed by atoms with Gasteiger partial charge in [-0.25, -0.2) is 4.98 Å². The van der Waals surface area contributed by atoms with Crippen LogP contribution in [-0.4, -0.2) is 32.6 Å². The van der Waals surface area contributed by atoms with E-state index >= 15 is 0 Å². The van der Waals surface area contributed by atoms with Crippen LogP contribution >= 0.6 is 0 Å². The molecule has 6 heteroatoms. The van der Waals surface area contributed by atoms with E-state index in [4.69, 9.17) is 0 Å². The van der Waals surface area contributed by atoms with Crippen LogP contribution in [0.15, 0.2) is 67.0 Å². The predicted octanol–water partition coefficient (Wildman–Crippen LogP) is 3.80. The summed E-state index contributed by atoms with van der Waals surface area (Å²) in [6.07, 6.45) is 7.99. The van der Waals surface area contributed by atoms with Crippen LogP contribution in [0.2, 0.25) is 0 Å². The van der Waals surface area contributed by atoms with Crippen LogP contribution in [0.1, 0.15) is 54.7 Å². The molecule has 2 aliphatic rings. The maximum atomic E-state index is 12.8. The largest absolute Gasteiger partial charge is 0.387 e. The second-order valence-electron chi connectivity index (χ2n) is 8.97. The summed E-state index contributed by atoms with van der Waals surface area (Å²) in [5.74, 6) is 0.694. The number of benzene rings is 2. The Bertz CT molecular complexity index is 1050. The van der Waals surface area contributed by atoms with E-state index in [1.54, 1.807) is 6.20 Å². The molecule has 166 valence electrons. The van der Waals surface area contributed by atoms with Gasteiger partial charge < -0.3 is 20.3 Å². The predicted molar refractivity (Wildman–Crippen MR) is 124 cm³/mol. The molecular weight excluding hydrogens is 400 g/mol. The molecule has 0 saturated carbocycles. The molecule has 3 heterocycles. The summed E-state index contributed by atoms with van der Waals surface area (Å²) in [7, 11) is 0. The summed E-state index contributed by atoms with van der Waals surface area (Å²) in [5, 5.41) is 17.3. The van der Waals surface area contributed by atoms with E-state index in [0.717, 1.165) is 55.7 Å². The van der Waals surface area contributed by atoms with Gasteiger partial charge in [-0.05, 0) is 55.4 Å². The van der Waals surface area contributed by atoms with Gasteiger partial charge in [-0.2, -0.15) is 0 Å². The van der Waals surface area contributed by atoms with Crippen molar-refractivity contribution < 1.29 is 9.90 Å². The minimum absolute atomic E-state index is 0.0140. The molecule has 3 N–H and O–H groups in total. The molecule has 0 aliphatic carbocycles. The fraction of sp³-hybridized carbons (Fsp3) is 0.385. The quantitative estimate of drug-likeness (QED) is 0.556. The summed E-state index contributed by atoms with van der Waals surface area (Å²) in [6, 6.07) is 18.4. The van der Waals surface area contributed by atoms with E-state index in [9.17, 15) is 9.90 Å². The molecule has 1 fully saturated rings. The number of nitrogens with zero attached hydrogens (tertiary/aromatic N) is 2. The second-order valence-corrected chi connectivity index (χ2v) is 8.97. The van der Waals surface area contributed by atoms with Gasteiger partial charge in [0.25, 0.3) is 0 Å². The number of anilines is 1. The zero-order valence-electron chi connectivity index (χ0n) is 18.2. The van der Waals surface area contributed by atoms with E-state index in [1.165, 1.54) is 5.56 Å². The maximum absolute atomic E-state index is 12.8. The Morgan fingerprint density at radius 2 is 1.94 bits per heavy atom. The standard InChI is InChI=1S/C26H30N4O2/c31-24(19-5-2-1-3-6-19)23-13-12-21(28-23)17-18-8-10-20(11-9-18)29-26(32)22-7-4-15-30-16-14-27-25(22)30/h1-3,5-6,8-11,14,16,21-24,28,31H,4,7,12-13,15,17H2,(H,29,32)/t21-,22-,23+,24+/m0/s1. The Morgan fingerprint density at radius 1 is 1.12 bits per heavy atom. The van der Waals surface area contributed by atoms with Crippen molar-refractivity contribution in [3.05, 3.63) is 83.9 Å². The first-order valence-corrected chi connectivity index (χ1v) is 11.6. The van der Waals surface area contributed by atoms with Crippen molar-refractivity contribution in [3.8, 4) is 0 Å². The van der Waals surface area contributed by atoms with E-state index in [-0.39, 0.29) is 17.9 Å². The number of aromatic nitrogens is 2. The Kier molecular flexibility index (Phi) is 6.06. The number of hydrogen-bond acceptors (Lipinski definition) is 4. The zero-order chi connectivity index (χ0) is 21.9. The summed E-state index contributed by atoms with van der Waals surface area (Å²) in [5.41, 5.74) is 3.01. The SMILES string of the molecule is O=C(Nc1ccc(C[C@@H]2CC[C@H]([C@H](O)c3ccccc3)N2)cc1)[C@H]1CCCn2ccnc21. The Morgan fingerprint density at radius 3 is 2.75 bits per heavy atom. The first-order valence-electron chi connectivity index (χ1n) is 11.6. The van der Waals surface area contributed by atoms with Gasteiger partial charge in [0.05, 0.1) is 12.0 Å². The van der Waals surface area contributed by atoms with Gasteiger partial charge in [-0.3, -0.25) is 4.79 Å². The monoisotopic (exact) mass is 430 g/mol. The normalized spacial score (nSPS) is 23.5. The highest BCUT2D eigenvalue weighted by molar-refractivity contribution is 5.95. The third-order valence-electron chi connectivity index (χ3n) is 6.77. The molecule has 6 nitrogen and oxygen atoms in total. The van der Waals surface area contributed by atoms with Gasteiger partial charge >= 0.3 is 0 Å². The van der Waals surface area contributed by atoms with Crippen LogP contribution in [-0.2, 0) is 17.8 Å². The molecule has 0 radical (unpaired) electrons. The molecule has 1 aromatic heterocycles. The van der Waals surface area contributed by atoms with Crippen LogP contribution in [0.4, 0.5) is 5.69 Å². The number of nitrogens with one attached hydrogen (secondary N) is 2. The third-order valence-corrected chi connectivity index (χ3v) is 6.77. The van der Waals surface area contributed by atoms with Gasteiger partial charge in [-0.1, -0.05) is 42.5 Å². The first-order chi connectivity index (χ1) is 15.7. The van der Waals surface area contributed by atoms with Crippen molar-refractivity contribution in [1.29, 1.82) is 0 Å². The topological polar surface area (TPSA) is 79.2 Å². The van der Waals surface area contributed by atoms with Crippen molar-refractivity contribution in [2.75, 3.05) is 5.32 Å². The molecule has 2 aliphatic heterocycles. The summed E-state index contributed by atoms with van der Waals surface area (Å²) < 4.78 is 2.08. The number of amides is 1. The molecule has 0 spiro atoms. The number of carbonyl (C=O) groups excluding carboxylic acids is 1. The Hall–Kier alpha value is -2.96. The Labute approximate surface area is 188 Å². The van der Waals surface area contributed by atoms with Crippen molar-refractivity contribution in [1.82, 2.24) is 14.9 Å². The molecule has 2 aromatic carbocycles. The van der Waals surface area contributed by atoms with E-state index in [1.807, 2.05) is 48.7 Å². The molecule has 1 amide bonds. The molecule has 0 bridgehead atoms. The lowest BCUT2D eigenvalue weighted by molar-refractivity contribution is -0.118. The molecule has 4 atom stereocenters. The number of imidazole rings is 1. The van der Waals surface area contributed by atoms with Gasteiger partial charge in [0.2, 0.25) is 5.91 Å². The first kappa shape index (κ1) is 20.9. The highest BCUT2D eigenvalue weighted by atomic mass is 16.3. The van der Waals surface area contributed by atoms with E-state index < -0.39 is 6.10 Å². The number of aryl methyl sites for hydroxylation is 1. The van der Waals surface area contributed by atoms with E-state index in [2.05, 4.69) is 32.3 Å².